The molecule has 1 aliphatic rings. The molecule has 26 heavy (non-hydrogen) atoms. The lowest BCUT2D eigenvalue weighted by Gasteiger charge is -2.40. The number of carboxylic acid groups (broad SMARTS) is 1. The van der Waals surface area contributed by atoms with Gasteiger partial charge in [0.2, 0.25) is 0 Å². The van der Waals surface area contributed by atoms with E-state index in [1.54, 1.807) is 0 Å². The maximum absolute atomic E-state index is 12.8. The minimum Gasteiger partial charge on any atom is -0.475 e. The van der Waals surface area contributed by atoms with Gasteiger partial charge < -0.3 is 14.9 Å². The maximum Gasteiger partial charge on any atom is 0.490 e. The fraction of sp³-hybridized carbons (Fsp3) is 0.533. The number of alkyl halides is 6. The number of halogens is 7. The number of piperazine rings is 1. The van der Waals surface area contributed by atoms with Crippen LogP contribution in [0.5, 0.6) is 0 Å². The first-order valence-electron chi connectivity index (χ1n) is 7.35. The summed E-state index contributed by atoms with van der Waals surface area (Å²) in [7, 11) is 2.00. The molecule has 0 radical (unpaired) electrons. The van der Waals surface area contributed by atoms with Crippen molar-refractivity contribution < 1.29 is 36.2 Å². The Labute approximate surface area is 150 Å². The quantitative estimate of drug-likeness (QED) is 0.712. The second-order valence-electron chi connectivity index (χ2n) is 5.77. The van der Waals surface area contributed by atoms with Gasteiger partial charge in [-0.2, -0.15) is 26.3 Å². The topological polar surface area (TPSA) is 43.8 Å². The molecule has 1 aromatic rings. The predicted octanol–water partition coefficient (Wildman–Crippen LogP) is 4.13. The summed E-state index contributed by atoms with van der Waals surface area (Å²) < 4.78 is 70.0. The Morgan fingerprint density at radius 2 is 1.73 bits per heavy atom. The first-order valence-corrected chi connectivity index (χ1v) is 7.73. The molecule has 1 heterocycles. The average molecular weight is 407 g/mol. The first-order chi connectivity index (χ1) is 11.7. The fourth-order valence-electron chi connectivity index (χ4n) is 2.41. The lowest BCUT2D eigenvalue weighted by atomic mass is 10.1. The fourth-order valence-corrected chi connectivity index (χ4v) is 2.63. The van der Waals surface area contributed by atoms with E-state index < -0.39 is 23.9 Å². The Morgan fingerprint density at radius 3 is 2.15 bits per heavy atom. The number of aliphatic carboxylic acids is 1. The Bertz CT molecular complexity index is 636. The van der Waals surface area contributed by atoms with E-state index in [0.29, 0.717) is 17.3 Å². The molecule has 1 saturated heterocycles. The monoisotopic (exact) mass is 406 g/mol. The number of nitrogens with zero attached hydrogens (tertiary/aromatic N) is 2. The molecule has 0 amide bonds. The second kappa shape index (κ2) is 8.34. The number of carboxylic acids is 1. The zero-order valence-corrected chi connectivity index (χ0v) is 14.6. The molecule has 148 valence electrons. The van der Waals surface area contributed by atoms with Crippen molar-refractivity contribution in [2.45, 2.75) is 25.3 Å². The lowest BCUT2D eigenvalue weighted by Crippen LogP contribution is -2.50. The minimum atomic E-state index is -5.08. The number of carbonyl (C=O) groups is 1. The Balaban J connectivity index is 0.000000412. The molecule has 11 heteroatoms. The average Bonchev–Trinajstić information content (AvgIpc) is 2.47. The van der Waals surface area contributed by atoms with E-state index in [1.807, 2.05) is 18.9 Å². The molecule has 1 fully saturated rings. The van der Waals surface area contributed by atoms with Gasteiger partial charge in [0.15, 0.2) is 0 Å². The van der Waals surface area contributed by atoms with Gasteiger partial charge in [-0.3, -0.25) is 0 Å². The Morgan fingerprint density at radius 1 is 1.19 bits per heavy atom. The van der Waals surface area contributed by atoms with Crippen molar-refractivity contribution in [2.75, 3.05) is 31.6 Å². The van der Waals surface area contributed by atoms with Crippen molar-refractivity contribution in [3.05, 3.63) is 28.8 Å². The van der Waals surface area contributed by atoms with Crippen LogP contribution in [0.25, 0.3) is 0 Å². The number of hydrogen-bond acceptors (Lipinski definition) is 3. The minimum absolute atomic E-state index is 0.139. The van der Waals surface area contributed by atoms with Crippen LogP contribution in [0.4, 0.5) is 32.0 Å². The third-order valence-corrected chi connectivity index (χ3v) is 3.98. The highest BCUT2D eigenvalue weighted by molar-refractivity contribution is 6.33. The predicted molar refractivity (Wildman–Crippen MR) is 84.4 cm³/mol. The van der Waals surface area contributed by atoms with Crippen LogP contribution in [0.3, 0.4) is 0 Å². The molecule has 0 unspecified atom stereocenters. The summed E-state index contributed by atoms with van der Waals surface area (Å²) in [5.74, 6) is -2.76. The SMILES string of the molecule is C[C@@H]1CN(C)CCN1c1cc(C(F)(F)F)ccc1Cl.O=C(O)C(F)(F)F. The molecule has 1 aromatic carbocycles. The molecule has 0 aromatic heterocycles. The molecule has 4 nitrogen and oxygen atoms in total. The van der Waals surface area contributed by atoms with Gasteiger partial charge in [-0.05, 0) is 32.2 Å². The van der Waals surface area contributed by atoms with Crippen LogP contribution in [0, 0.1) is 0 Å². The third-order valence-electron chi connectivity index (χ3n) is 3.66. The van der Waals surface area contributed by atoms with Crippen LogP contribution >= 0.6 is 11.6 Å². The summed E-state index contributed by atoms with van der Waals surface area (Å²) in [6, 6.07) is 3.63. The molecule has 0 bridgehead atoms. The van der Waals surface area contributed by atoms with Crippen LogP contribution < -0.4 is 4.90 Å². The van der Waals surface area contributed by atoms with E-state index >= 15 is 0 Å². The van der Waals surface area contributed by atoms with Gasteiger partial charge in [0.05, 0.1) is 16.3 Å². The van der Waals surface area contributed by atoms with Crippen molar-refractivity contribution >= 4 is 23.3 Å². The largest absolute Gasteiger partial charge is 0.490 e. The molecule has 0 aliphatic carbocycles. The number of hydrogen-bond donors (Lipinski definition) is 1. The van der Waals surface area contributed by atoms with Crippen molar-refractivity contribution in [3.63, 3.8) is 0 Å². The molecule has 1 aliphatic heterocycles. The maximum atomic E-state index is 12.8. The summed E-state index contributed by atoms with van der Waals surface area (Å²) >= 11 is 6.06. The standard InChI is InChI=1S/C13H16ClF3N2.C2HF3O2/c1-9-8-18(2)5-6-19(9)12-7-10(13(15,16)17)3-4-11(12)14;3-2(4,5)1(6)7/h3-4,7,9H,5-6,8H2,1-2H3;(H,6,7)/t9-;/m1./s1. The molecule has 1 N–H and O–H groups in total. The number of likely N-dealkylation sites (N-methyl/N-ethyl adjacent to an activating group) is 1. The van der Waals surface area contributed by atoms with Gasteiger partial charge in [0.1, 0.15) is 0 Å². The van der Waals surface area contributed by atoms with Gasteiger partial charge in [0.25, 0.3) is 0 Å². The molecule has 1 atom stereocenters. The third kappa shape index (κ3) is 6.24. The van der Waals surface area contributed by atoms with Crippen LogP contribution in [-0.4, -0.2) is 54.9 Å². The van der Waals surface area contributed by atoms with Crippen molar-refractivity contribution in [1.82, 2.24) is 4.90 Å². The summed E-state index contributed by atoms with van der Waals surface area (Å²) in [5.41, 5.74) is -0.185. The highest BCUT2D eigenvalue weighted by atomic mass is 35.5. The van der Waals surface area contributed by atoms with E-state index in [-0.39, 0.29) is 6.04 Å². The lowest BCUT2D eigenvalue weighted by molar-refractivity contribution is -0.192. The smallest absolute Gasteiger partial charge is 0.475 e. The van der Waals surface area contributed by atoms with E-state index in [4.69, 9.17) is 21.5 Å². The van der Waals surface area contributed by atoms with Gasteiger partial charge in [0, 0.05) is 25.7 Å². The van der Waals surface area contributed by atoms with Crippen LogP contribution in [-0.2, 0) is 11.0 Å². The number of rotatable bonds is 1. The highest BCUT2D eigenvalue weighted by Crippen LogP contribution is 2.36. The van der Waals surface area contributed by atoms with Gasteiger partial charge in [-0.1, -0.05) is 11.6 Å². The van der Waals surface area contributed by atoms with Crippen LogP contribution in [0.15, 0.2) is 18.2 Å². The van der Waals surface area contributed by atoms with Crippen molar-refractivity contribution in [1.29, 1.82) is 0 Å². The highest BCUT2D eigenvalue weighted by Gasteiger charge is 2.38. The van der Waals surface area contributed by atoms with E-state index in [0.717, 1.165) is 25.2 Å². The molecule has 0 spiro atoms. The summed E-state index contributed by atoms with van der Waals surface area (Å²) in [5, 5.41) is 7.49. The molecule has 2 rings (SSSR count). The number of benzene rings is 1. The van der Waals surface area contributed by atoms with Gasteiger partial charge >= 0.3 is 18.3 Å². The summed E-state index contributed by atoms with van der Waals surface area (Å²) in [6.07, 6.45) is -9.42. The molecule has 0 saturated carbocycles. The van der Waals surface area contributed by atoms with Crippen LogP contribution in [0.2, 0.25) is 5.02 Å². The van der Waals surface area contributed by atoms with E-state index in [1.165, 1.54) is 6.07 Å². The normalized spacial score (nSPS) is 19.0. The molecular weight excluding hydrogens is 390 g/mol. The Kier molecular flexibility index (Phi) is 7.17. The van der Waals surface area contributed by atoms with Gasteiger partial charge in [-0.25, -0.2) is 4.79 Å². The van der Waals surface area contributed by atoms with Crippen molar-refractivity contribution in [2.24, 2.45) is 0 Å². The number of anilines is 1. The van der Waals surface area contributed by atoms with Gasteiger partial charge in [-0.15, -0.1) is 0 Å². The van der Waals surface area contributed by atoms with Crippen LogP contribution in [0.1, 0.15) is 12.5 Å². The summed E-state index contributed by atoms with van der Waals surface area (Å²) in [6.45, 7) is 4.30. The molecular formula is C15H17ClF6N2O2. The zero-order chi connectivity index (χ0) is 20.3. The first kappa shape index (κ1) is 22.4. The van der Waals surface area contributed by atoms with E-state index in [2.05, 4.69) is 4.90 Å². The second-order valence-corrected chi connectivity index (χ2v) is 6.18. The summed E-state index contributed by atoms with van der Waals surface area (Å²) in [4.78, 5) is 13.0. The van der Waals surface area contributed by atoms with E-state index in [9.17, 15) is 26.3 Å². The zero-order valence-electron chi connectivity index (χ0n) is 13.8. The van der Waals surface area contributed by atoms with Crippen molar-refractivity contribution in [3.8, 4) is 0 Å². The Hall–Kier alpha value is -1.68.